The fourth-order valence-corrected chi connectivity index (χ4v) is 3.88. The topological polar surface area (TPSA) is 80.5 Å². The highest BCUT2D eigenvalue weighted by Crippen LogP contribution is 2.36. The highest BCUT2D eigenvalue weighted by Gasteiger charge is 2.28. The Hall–Kier alpha value is -1.51. The maximum atomic E-state index is 11.9. The van der Waals surface area contributed by atoms with Crippen molar-refractivity contribution in [2.75, 3.05) is 46.2 Å². The number of nitrogens with zero attached hydrogens (tertiary/aromatic N) is 1. The third-order valence-corrected chi connectivity index (χ3v) is 6.06. The molecule has 0 bridgehead atoms. The Balaban J connectivity index is 2.04. The Morgan fingerprint density at radius 3 is 2.13 bits per heavy atom. The van der Waals surface area contributed by atoms with Crippen LogP contribution in [0.5, 0.6) is 17.2 Å². The fraction of sp³-hybridized carbons (Fsp3) is 0.600. The van der Waals surface area contributed by atoms with Gasteiger partial charge in [-0.3, -0.25) is 0 Å². The maximum Gasteiger partial charge on any atom is 0.214 e. The van der Waals surface area contributed by atoms with Crippen molar-refractivity contribution in [1.29, 1.82) is 0 Å². The first-order chi connectivity index (χ1) is 10.9. The van der Waals surface area contributed by atoms with Crippen LogP contribution in [-0.2, 0) is 16.6 Å². The number of quaternary nitrogens is 1. The average molecular weight is 345 g/mol. The highest BCUT2D eigenvalue weighted by molar-refractivity contribution is 7.89. The van der Waals surface area contributed by atoms with Crippen molar-refractivity contribution in [1.82, 2.24) is 4.31 Å². The molecule has 0 atom stereocenters. The average Bonchev–Trinajstić information content (AvgIpc) is 2.56. The van der Waals surface area contributed by atoms with E-state index < -0.39 is 10.0 Å². The van der Waals surface area contributed by atoms with Crippen LogP contribution in [0.1, 0.15) is 12.5 Å². The number of benzene rings is 1. The first-order valence-corrected chi connectivity index (χ1v) is 9.27. The number of hydrogen-bond donors (Lipinski definition) is 2. The fourth-order valence-electron chi connectivity index (χ4n) is 2.78. The van der Waals surface area contributed by atoms with Gasteiger partial charge in [-0.2, -0.15) is 4.31 Å². The molecule has 2 N–H and O–H groups in total. The van der Waals surface area contributed by atoms with Gasteiger partial charge in [0.2, 0.25) is 15.8 Å². The molecule has 1 saturated heterocycles. The van der Waals surface area contributed by atoms with Crippen molar-refractivity contribution in [3.8, 4) is 17.2 Å². The van der Waals surface area contributed by atoms with E-state index in [2.05, 4.69) is 0 Å². The number of sulfonamides is 1. The smallest absolute Gasteiger partial charge is 0.214 e. The standard InChI is InChI=1S/C15H24N2O5S/c1-4-23(19,20)17-7-5-16(6-8-17)11-12-9-13(21-2)15(18)14(10-12)22-3/h9-10,18H,4-8,11H2,1-3H3/p+1. The van der Waals surface area contributed by atoms with Gasteiger partial charge in [0.1, 0.15) is 6.54 Å². The van der Waals surface area contributed by atoms with E-state index in [0.29, 0.717) is 24.6 Å². The summed E-state index contributed by atoms with van der Waals surface area (Å²) in [5.41, 5.74) is 0.985. The van der Waals surface area contributed by atoms with Crippen LogP contribution >= 0.6 is 0 Å². The van der Waals surface area contributed by atoms with Gasteiger partial charge < -0.3 is 19.5 Å². The largest absolute Gasteiger partial charge is 0.502 e. The Morgan fingerprint density at radius 1 is 1.17 bits per heavy atom. The van der Waals surface area contributed by atoms with E-state index in [-0.39, 0.29) is 11.5 Å². The van der Waals surface area contributed by atoms with Gasteiger partial charge in [0.05, 0.1) is 46.2 Å². The minimum atomic E-state index is -3.10. The van der Waals surface area contributed by atoms with Gasteiger partial charge >= 0.3 is 0 Å². The summed E-state index contributed by atoms with van der Waals surface area (Å²) in [6.07, 6.45) is 0. The lowest BCUT2D eigenvalue weighted by Crippen LogP contribution is -3.13. The molecule has 0 aliphatic carbocycles. The zero-order chi connectivity index (χ0) is 17.0. The minimum Gasteiger partial charge on any atom is -0.502 e. The maximum absolute atomic E-state index is 11.9. The molecule has 1 fully saturated rings. The number of phenols is 1. The van der Waals surface area contributed by atoms with Gasteiger partial charge in [-0.1, -0.05) is 0 Å². The van der Waals surface area contributed by atoms with Gasteiger partial charge in [0, 0.05) is 5.56 Å². The van der Waals surface area contributed by atoms with Gasteiger partial charge in [-0.25, -0.2) is 8.42 Å². The second kappa shape index (κ2) is 7.37. The number of aromatic hydroxyl groups is 1. The van der Waals surface area contributed by atoms with Crippen LogP contribution in [-0.4, -0.2) is 64.0 Å². The van der Waals surface area contributed by atoms with Crippen molar-refractivity contribution in [3.63, 3.8) is 0 Å². The molecular weight excluding hydrogens is 320 g/mol. The first kappa shape index (κ1) is 17.8. The van der Waals surface area contributed by atoms with E-state index in [1.807, 2.05) is 0 Å². The van der Waals surface area contributed by atoms with Crippen LogP contribution < -0.4 is 14.4 Å². The number of hydrogen-bond acceptors (Lipinski definition) is 5. The Morgan fingerprint density at radius 2 is 1.70 bits per heavy atom. The summed E-state index contributed by atoms with van der Waals surface area (Å²) < 4.78 is 35.7. The number of phenolic OH excluding ortho intramolecular Hbond substituents is 1. The summed E-state index contributed by atoms with van der Waals surface area (Å²) in [7, 11) is -0.0985. The summed E-state index contributed by atoms with van der Waals surface area (Å²) in [6.45, 7) is 4.99. The Kier molecular flexibility index (Phi) is 5.72. The van der Waals surface area contributed by atoms with E-state index in [9.17, 15) is 13.5 Å². The summed E-state index contributed by atoms with van der Waals surface area (Å²) in [5, 5.41) is 9.94. The highest BCUT2D eigenvalue weighted by atomic mass is 32.2. The molecule has 8 heteroatoms. The second-order valence-electron chi connectivity index (χ2n) is 5.58. The molecule has 0 radical (unpaired) electrons. The molecule has 1 heterocycles. The quantitative estimate of drug-likeness (QED) is 0.724. The van der Waals surface area contributed by atoms with E-state index in [1.54, 1.807) is 23.4 Å². The lowest BCUT2D eigenvalue weighted by molar-refractivity contribution is -0.917. The molecule has 130 valence electrons. The predicted molar refractivity (Wildman–Crippen MR) is 86.6 cm³/mol. The lowest BCUT2D eigenvalue weighted by Gasteiger charge is -2.31. The molecule has 1 aromatic rings. The van der Waals surface area contributed by atoms with E-state index in [4.69, 9.17) is 9.47 Å². The lowest BCUT2D eigenvalue weighted by atomic mass is 10.1. The monoisotopic (exact) mass is 345 g/mol. The number of rotatable bonds is 6. The summed E-state index contributed by atoms with van der Waals surface area (Å²) in [6, 6.07) is 3.58. The van der Waals surface area contributed by atoms with Crippen LogP contribution in [0.4, 0.5) is 0 Å². The SMILES string of the molecule is CCS(=O)(=O)N1CC[NH+](Cc2cc(OC)c(O)c(OC)c2)CC1. The first-order valence-electron chi connectivity index (χ1n) is 7.66. The Labute approximate surface area is 137 Å². The zero-order valence-electron chi connectivity index (χ0n) is 13.8. The zero-order valence-corrected chi connectivity index (χ0v) is 14.6. The number of ether oxygens (including phenoxy) is 2. The molecule has 0 unspecified atom stereocenters. The molecular formula is C15H25N2O5S+. The van der Waals surface area contributed by atoms with Crippen LogP contribution in [0.2, 0.25) is 0 Å². The van der Waals surface area contributed by atoms with Crippen molar-refractivity contribution in [2.45, 2.75) is 13.5 Å². The van der Waals surface area contributed by atoms with Crippen molar-refractivity contribution in [2.24, 2.45) is 0 Å². The normalized spacial score (nSPS) is 17.2. The van der Waals surface area contributed by atoms with Crippen molar-refractivity contribution in [3.05, 3.63) is 17.7 Å². The summed E-state index contributed by atoms with van der Waals surface area (Å²) >= 11 is 0. The number of nitrogens with one attached hydrogen (secondary N) is 1. The Bertz CT molecular complexity index is 614. The molecule has 2 rings (SSSR count). The van der Waals surface area contributed by atoms with Crippen LogP contribution in [0.3, 0.4) is 0 Å². The van der Waals surface area contributed by atoms with Crippen molar-refractivity contribution >= 4 is 10.0 Å². The number of methoxy groups -OCH3 is 2. The molecule has 1 aliphatic rings. The molecule has 1 aromatic carbocycles. The van der Waals surface area contributed by atoms with Crippen LogP contribution in [0, 0.1) is 0 Å². The number of piperazine rings is 1. The summed E-state index contributed by atoms with van der Waals surface area (Å²) in [5.74, 6) is 0.902. The van der Waals surface area contributed by atoms with E-state index >= 15 is 0 Å². The third-order valence-electron chi connectivity index (χ3n) is 4.18. The van der Waals surface area contributed by atoms with Crippen LogP contribution in [0.15, 0.2) is 12.1 Å². The van der Waals surface area contributed by atoms with Gasteiger partial charge in [0.15, 0.2) is 11.5 Å². The molecule has 0 amide bonds. The predicted octanol–water partition coefficient (Wildman–Crippen LogP) is -0.540. The molecule has 7 nitrogen and oxygen atoms in total. The molecule has 0 saturated carbocycles. The molecule has 1 aliphatic heterocycles. The van der Waals surface area contributed by atoms with Gasteiger partial charge in [0.25, 0.3) is 0 Å². The second-order valence-corrected chi connectivity index (χ2v) is 7.83. The van der Waals surface area contributed by atoms with E-state index in [0.717, 1.165) is 25.2 Å². The van der Waals surface area contributed by atoms with Gasteiger partial charge in [-0.15, -0.1) is 0 Å². The molecule has 0 spiro atoms. The summed E-state index contributed by atoms with van der Waals surface area (Å²) in [4.78, 5) is 1.29. The third kappa shape index (κ3) is 4.07. The minimum absolute atomic E-state index is 0.00684. The molecule has 0 aromatic heterocycles. The molecule has 23 heavy (non-hydrogen) atoms. The van der Waals surface area contributed by atoms with Crippen molar-refractivity contribution < 1.29 is 27.9 Å². The van der Waals surface area contributed by atoms with E-state index in [1.165, 1.54) is 19.1 Å². The van der Waals surface area contributed by atoms with Crippen LogP contribution in [0.25, 0.3) is 0 Å². The van der Waals surface area contributed by atoms with Gasteiger partial charge in [-0.05, 0) is 19.1 Å².